The number of likely N-dealkylation sites (tertiary alicyclic amines) is 1. The molecule has 1 aliphatic heterocycles. The molecule has 11 rings (SSSR count). The minimum atomic E-state index is -0.848. The summed E-state index contributed by atoms with van der Waals surface area (Å²) in [7, 11) is 0. The molecule has 0 spiro atoms. The van der Waals surface area contributed by atoms with E-state index >= 15 is 0 Å². The van der Waals surface area contributed by atoms with E-state index in [2.05, 4.69) is 51.2 Å². The van der Waals surface area contributed by atoms with Gasteiger partial charge in [0.05, 0.1) is 47.4 Å². The Balaban J connectivity index is 0.000000156. The second-order valence-corrected chi connectivity index (χ2v) is 19.0. The number of anilines is 4. The molecule has 0 atom stereocenters. The van der Waals surface area contributed by atoms with Gasteiger partial charge in [0.1, 0.15) is 21.7 Å². The third-order valence-electron chi connectivity index (χ3n) is 12.3. The van der Waals surface area contributed by atoms with Gasteiger partial charge in [-0.15, -0.1) is 20.4 Å². The molecule has 0 bridgehead atoms. The van der Waals surface area contributed by atoms with Crippen molar-refractivity contribution >= 4 is 78.5 Å². The summed E-state index contributed by atoms with van der Waals surface area (Å²) in [6, 6.07) is 11.7. The van der Waals surface area contributed by atoms with Gasteiger partial charge in [-0.25, -0.2) is 9.97 Å². The minimum absolute atomic E-state index is 0.0295. The Morgan fingerprint density at radius 3 is 1.56 bits per heavy atom. The normalized spacial score (nSPS) is 15.4. The van der Waals surface area contributed by atoms with E-state index in [0.29, 0.717) is 37.2 Å². The number of amides is 1. The Bertz CT molecular complexity index is 2960. The predicted molar refractivity (Wildman–Crippen MR) is 253 cm³/mol. The molecule has 8 aromatic rings. The van der Waals surface area contributed by atoms with Crippen LogP contribution in [-0.4, -0.2) is 94.9 Å². The van der Waals surface area contributed by atoms with Gasteiger partial charge in [-0.1, -0.05) is 48.4 Å². The Labute approximate surface area is 388 Å². The van der Waals surface area contributed by atoms with E-state index in [1.807, 2.05) is 70.8 Å². The van der Waals surface area contributed by atoms with Crippen molar-refractivity contribution in [2.24, 2.45) is 0 Å². The highest BCUT2D eigenvalue weighted by Gasteiger charge is 2.23. The molecule has 8 aromatic heterocycles. The maximum absolute atomic E-state index is 12.3. The van der Waals surface area contributed by atoms with E-state index in [9.17, 15) is 9.59 Å². The van der Waals surface area contributed by atoms with E-state index < -0.39 is 5.97 Å². The van der Waals surface area contributed by atoms with Crippen LogP contribution < -0.4 is 10.6 Å². The molecule has 3 fully saturated rings. The van der Waals surface area contributed by atoms with Gasteiger partial charge in [0.25, 0.3) is 0 Å². The number of carbonyl (C=O) groups is 2. The fourth-order valence-corrected chi connectivity index (χ4v) is 10.6. The van der Waals surface area contributed by atoms with Gasteiger partial charge in [-0.3, -0.25) is 28.9 Å². The van der Waals surface area contributed by atoms with E-state index in [-0.39, 0.29) is 12.3 Å². The lowest BCUT2D eigenvalue weighted by Gasteiger charge is -2.14. The summed E-state index contributed by atoms with van der Waals surface area (Å²) in [6.45, 7) is 2.67. The fraction of sp³-hybridized carbons (Fsp3) is 0.391. The number of fused-ring (bicyclic) bond motifs is 2. The molecule has 20 heteroatoms. The molecule has 338 valence electrons. The van der Waals surface area contributed by atoms with Crippen molar-refractivity contribution in [3.63, 3.8) is 0 Å². The highest BCUT2D eigenvalue weighted by Crippen LogP contribution is 2.38. The highest BCUT2D eigenvalue weighted by molar-refractivity contribution is 7.15. The smallest absolute Gasteiger partial charge is 0.305 e. The fourth-order valence-electron chi connectivity index (χ4n) is 8.75. The van der Waals surface area contributed by atoms with Crippen molar-refractivity contribution in [2.75, 3.05) is 23.7 Å². The maximum Gasteiger partial charge on any atom is 0.305 e. The zero-order chi connectivity index (χ0) is 44.8. The number of carboxylic acid groups (broad SMARTS) is 1. The first-order valence-corrected chi connectivity index (χ1v) is 24.3. The first kappa shape index (κ1) is 43.1. The van der Waals surface area contributed by atoms with Crippen LogP contribution >= 0.6 is 22.7 Å². The minimum Gasteiger partial charge on any atom is -0.481 e. The van der Waals surface area contributed by atoms with Crippen LogP contribution in [0.3, 0.4) is 0 Å². The Hall–Kier alpha value is -6.80. The van der Waals surface area contributed by atoms with E-state index in [4.69, 9.17) is 15.1 Å². The van der Waals surface area contributed by atoms with Crippen molar-refractivity contribution in [3.8, 4) is 22.3 Å². The zero-order valence-corrected chi connectivity index (χ0v) is 37.9. The Kier molecular flexibility index (Phi) is 12.9. The van der Waals surface area contributed by atoms with Gasteiger partial charge in [-0.05, 0) is 74.9 Å². The maximum atomic E-state index is 12.3. The molecule has 3 aliphatic rings. The van der Waals surface area contributed by atoms with Crippen LogP contribution in [0.1, 0.15) is 98.9 Å². The number of pyridine rings is 4. The molecule has 0 unspecified atom stereocenters. The largest absolute Gasteiger partial charge is 0.481 e. The standard InChI is InChI=1S/C25H28N8OS.C21H21N7O2S/c34-23(32-10-3-4-11-32)9-12-33-16-19(15-27-33)18-13-21-20(26-14-18)7-8-22(28-21)29-25-31-30-24(35-25)17-5-1-2-6-17;29-19(30)7-8-28-12-15(11-23-28)14-9-17-16(22-10-14)5-6-18(24-17)25-21-27-26-20(31-21)13-3-1-2-4-13/h7-8,13-17H,1-6,9-12H2,(H,28,29,31);5-6,9-13H,1-4,7-8H2,(H,29,30)(H,24,25,27). The molecule has 2 aliphatic carbocycles. The second-order valence-electron chi connectivity index (χ2n) is 17.0. The lowest BCUT2D eigenvalue weighted by Crippen LogP contribution is -2.28. The quantitative estimate of drug-likeness (QED) is 0.0926. The third-order valence-corrected chi connectivity index (χ3v) is 14.3. The van der Waals surface area contributed by atoms with Crippen LogP contribution in [0.4, 0.5) is 21.9 Å². The summed E-state index contributed by atoms with van der Waals surface area (Å²) in [5.74, 6) is 1.88. The van der Waals surface area contributed by atoms with Gasteiger partial charge in [0.2, 0.25) is 16.2 Å². The molecule has 0 radical (unpaired) electrons. The third kappa shape index (κ3) is 10.3. The van der Waals surface area contributed by atoms with Crippen molar-refractivity contribution in [2.45, 2.75) is 102 Å². The van der Waals surface area contributed by atoms with Crippen LogP contribution in [0.5, 0.6) is 0 Å². The number of carboxylic acids is 1. The van der Waals surface area contributed by atoms with Gasteiger partial charge < -0.3 is 20.6 Å². The number of nitrogens with zero attached hydrogens (tertiary/aromatic N) is 13. The number of aryl methyl sites for hydroxylation is 2. The number of rotatable bonds is 14. The van der Waals surface area contributed by atoms with Gasteiger partial charge >= 0.3 is 5.97 Å². The van der Waals surface area contributed by atoms with Crippen molar-refractivity contribution in [3.05, 3.63) is 83.6 Å². The summed E-state index contributed by atoms with van der Waals surface area (Å²) in [5, 5.41) is 45.2. The zero-order valence-electron chi connectivity index (χ0n) is 36.3. The van der Waals surface area contributed by atoms with Gasteiger partial charge in [0, 0.05) is 84.9 Å². The molecule has 1 saturated heterocycles. The number of hydrogen-bond acceptors (Lipinski definition) is 16. The van der Waals surface area contributed by atoms with Crippen LogP contribution in [0.15, 0.2) is 73.6 Å². The molecule has 9 heterocycles. The van der Waals surface area contributed by atoms with E-state index in [1.54, 1.807) is 39.7 Å². The molecule has 1 amide bonds. The average Bonchev–Trinajstić information content (AvgIpc) is 4.17. The van der Waals surface area contributed by atoms with Gasteiger partial charge in [-0.2, -0.15) is 10.2 Å². The van der Waals surface area contributed by atoms with E-state index in [0.717, 1.165) is 96.3 Å². The number of aliphatic carboxylic acids is 1. The molecule has 3 N–H and O–H groups in total. The lowest BCUT2D eigenvalue weighted by molar-refractivity contribution is -0.137. The highest BCUT2D eigenvalue weighted by atomic mass is 32.1. The monoisotopic (exact) mass is 923 g/mol. The summed E-state index contributed by atoms with van der Waals surface area (Å²) in [6.07, 6.45) is 23.6. The van der Waals surface area contributed by atoms with Crippen molar-refractivity contribution in [1.29, 1.82) is 0 Å². The first-order chi connectivity index (χ1) is 32.3. The molecule has 0 aromatic carbocycles. The molecule has 66 heavy (non-hydrogen) atoms. The van der Waals surface area contributed by atoms with E-state index in [1.165, 1.54) is 51.4 Å². The summed E-state index contributed by atoms with van der Waals surface area (Å²) in [4.78, 5) is 43.6. The second kappa shape index (κ2) is 19.7. The summed E-state index contributed by atoms with van der Waals surface area (Å²) in [5.41, 5.74) is 6.80. The van der Waals surface area contributed by atoms with Gasteiger partial charge in [0.15, 0.2) is 0 Å². The van der Waals surface area contributed by atoms with Crippen molar-refractivity contribution < 1.29 is 14.7 Å². The number of nitrogens with one attached hydrogen (secondary N) is 2. The Morgan fingerprint density at radius 2 is 1.08 bits per heavy atom. The van der Waals surface area contributed by atoms with Crippen LogP contribution in [0.25, 0.3) is 44.3 Å². The average molecular weight is 924 g/mol. The molecule has 18 nitrogen and oxygen atoms in total. The summed E-state index contributed by atoms with van der Waals surface area (Å²) >= 11 is 3.22. The lowest BCUT2D eigenvalue weighted by atomic mass is 10.1. The van der Waals surface area contributed by atoms with Crippen molar-refractivity contribution in [1.82, 2.24) is 64.8 Å². The molecule has 2 saturated carbocycles. The van der Waals surface area contributed by atoms with Crippen LogP contribution in [0, 0.1) is 0 Å². The summed E-state index contributed by atoms with van der Waals surface area (Å²) < 4.78 is 3.45. The number of carbonyl (C=O) groups excluding carboxylic acids is 1. The topological polar surface area (TPSA) is 220 Å². The number of hydrogen-bond donors (Lipinski definition) is 3. The predicted octanol–water partition coefficient (Wildman–Crippen LogP) is 8.98. The molecular weight excluding hydrogens is 875 g/mol. The van der Waals surface area contributed by atoms with Crippen LogP contribution in [-0.2, 0) is 22.7 Å². The Morgan fingerprint density at radius 1 is 0.591 bits per heavy atom. The number of aromatic nitrogens is 12. The van der Waals surface area contributed by atoms with Crippen LogP contribution in [0.2, 0.25) is 0 Å². The first-order valence-electron chi connectivity index (χ1n) is 22.6. The SMILES string of the molecule is O=C(CCn1cc(-c2cnc3ccc(Nc4nnc(C5CCCC5)s4)nc3c2)cn1)N1CCCC1.O=C(O)CCn1cc(-c2cnc3ccc(Nc4nnc(C5CCCC5)s4)nc3c2)cn1. The molecular formula is C46H49N15O3S2.